The van der Waals surface area contributed by atoms with Gasteiger partial charge in [0.1, 0.15) is 5.60 Å². The number of alkyl halides is 2. The van der Waals surface area contributed by atoms with E-state index < -0.39 is 19.8 Å². The van der Waals surface area contributed by atoms with Gasteiger partial charge in [-0.25, -0.2) is 8.78 Å². The Morgan fingerprint density at radius 1 is 1.00 bits per heavy atom. The minimum atomic E-state index is -2.72. The fraction of sp³-hybridized carbons (Fsp3) is 1.00. The van der Waals surface area contributed by atoms with Crippen LogP contribution in [0.1, 0.15) is 52.9 Å². The summed E-state index contributed by atoms with van der Waals surface area (Å²) in [7, 11) is -1.96. The maximum absolute atomic E-state index is 14.4. The first-order chi connectivity index (χ1) is 7.64. The standard InChI is InChI=1S/C13H28F2OSi/c1-7-10-11-13(14,15)12(8-2,9-3)16-17(4,5)6/h7-11H2,1-6H3. The van der Waals surface area contributed by atoms with Crippen molar-refractivity contribution in [2.75, 3.05) is 0 Å². The molecule has 0 fully saturated rings. The zero-order valence-corrected chi connectivity index (χ0v) is 13.2. The maximum atomic E-state index is 14.4. The molecule has 0 spiro atoms. The van der Waals surface area contributed by atoms with Gasteiger partial charge in [0.05, 0.1) is 0 Å². The summed E-state index contributed by atoms with van der Waals surface area (Å²) in [5, 5.41) is 0. The molecule has 0 N–H and O–H groups in total. The van der Waals surface area contributed by atoms with E-state index >= 15 is 0 Å². The molecule has 0 aromatic heterocycles. The Labute approximate surface area is 106 Å². The normalized spacial score (nSPS) is 14.1. The monoisotopic (exact) mass is 266 g/mol. The summed E-state index contributed by atoms with van der Waals surface area (Å²) in [6.45, 7) is 11.5. The van der Waals surface area contributed by atoms with E-state index in [2.05, 4.69) is 0 Å². The summed E-state index contributed by atoms with van der Waals surface area (Å²) in [5.74, 6) is -2.72. The molecule has 0 aromatic carbocycles. The summed E-state index contributed by atoms with van der Waals surface area (Å²) in [6, 6.07) is 0. The highest BCUT2D eigenvalue weighted by Crippen LogP contribution is 2.43. The number of hydrogen-bond donors (Lipinski definition) is 0. The minimum absolute atomic E-state index is 0.0599. The highest BCUT2D eigenvalue weighted by Gasteiger charge is 2.53. The van der Waals surface area contributed by atoms with Crippen LogP contribution in [0.4, 0.5) is 8.78 Å². The van der Waals surface area contributed by atoms with E-state index in [1.54, 1.807) is 0 Å². The van der Waals surface area contributed by atoms with Crippen molar-refractivity contribution in [1.82, 2.24) is 0 Å². The van der Waals surface area contributed by atoms with Crippen LogP contribution in [0.5, 0.6) is 0 Å². The Bertz CT molecular complexity index is 220. The SMILES string of the molecule is CCCCC(F)(F)C(CC)(CC)O[Si](C)(C)C. The predicted molar refractivity (Wildman–Crippen MR) is 72.2 cm³/mol. The second kappa shape index (κ2) is 6.28. The third-order valence-corrected chi connectivity index (χ3v) is 4.16. The lowest BCUT2D eigenvalue weighted by molar-refractivity contribution is -0.178. The Kier molecular flexibility index (Phi) is 6.29. The van der Waals surface area contributed by atoms with Gasteiger partial charge < -0.3 is 4.43 Å². The summed E-state index contributed by atoms with van der Waals surface area (Å²) < 4.78 is 34.6. The predicted octanol–water partition coefficient (Wildman–Crippen LogP) is 5.22. The van der Waals surface area contributed by atoms with Crippen molar-refractivity contribution in [3.05, 3.63) is 0 Å². The quantitative estimate of drug-likeness (QED) is 0.547. The van der Waals surface area contributed by atoms with Crippen LogP contribution in [0, 0.1) is 0 Å². The van der Waals surface area contributed by atoms with Crippen molar-refractivity contribution in [3.8, 4) is 0 Å². The van der Waals surface area contributed by atoms with Crippen molar-refractivity contribution in [3.63, 3.8) is 0 Å². The number of halogens is 2. The highest BCUT2D eigenvalue weighted by atomic mass is 28.4. The second-order valence-electron chi connectivity index (χ2n) is 5.72. The van der Waals surface area contributed by atoms with Gasteiger partial charge in [0.15, 0.2) is 8.32 Å². The fourth-order valence-electron chi connectivity index (χ4n) is 2.20. The largest absolute Gasteiger partial charge is 0.406 e. The topological polar surface area (TPSA) is 9.23 Å². The molecule has 0 amide bonds. The summed E-state index contributed by atoms with van der Waals surface area (Å²) >= 11 is 0. The Hall–Kier alpha value is 0.0369. The molecule has 104 valence electrons. The van der Waals surface area contributed by atoms with Gasteiger partial charge in [0.25, 0.3) is 5.92 Å². The molecule has 4 heteroatoms. The first-order valence-electron chi connectivity index (χ1n) is 6.72. The van der Waals surface area contributed by atoms with Crippen molar-refractivity contribution in [2.45, 2.75) is 84.0 Å². The van der Waals surface area contributed by atoms with E-state index in [0.29, 0.717) is 19.3 Å². The molecule has 0 aliphatic carbocycles. The lowest BCUT2D eigenvalue weighted by Gasteiger charge is -2.43. The number of rotatable bonds is 8. The molecule has 17 heavy (non-hydrogen) atoms. The summed E-state index contributed by atoms with van der Waals surface area (Å²) in [4.78, 5) is 0. The summed E-state index contributed by atoms with van der Waals surface area (Å²) in [5.41, 5.74) is -1.26. The van der Waals surface area contributed by atoms with E-state index in [9.17, 15) is 8.78 Å². The van der Waals surface area contributed by atoms with Gasteiger partial charge in [-0.2, -0.15) is 0 Å². The highest BCUT2D eigenvalue weighted by molar-refractivity contribution is 6.69. The molecule has 0 unspecified atom stereocenters. The van der Waals surface area contributed by atoms with E-state index in [1.807, 2.05) is 40.4 Å². The van der Waals surface area contributed by atoms with E-state index in [-0.39, 0.29) is 6.42 Å². The zero-order chi connectivity index (χ0) is 13.7. The van der Waals surface area contributed by atoms with Crippen molar-refractivity contribution in [1.29, 1.82) is 0 Å². The number of hydrogen-bond acceptors (Lipinski definition) is 1. The van der Waals surface area contributed by atoms with Gasteiger partial charge in [-0.15, -0.1) is 0 Å². The molecule has 0 saturated heterocycles. The summed E-state index contributed by atoms with van der Waals surface area (Å²) in [6.07, 6.45) is 2.06. The first kappa shape index (κ1) is 17.0. The molecule has 0 aromatic rings. The Morgan fingerprint density at radius 2 is 1.47 bits per heavy atom. The van der Waals surface area contributed by atoms with Crippen molar-refractivity contribution in [2.24, 2.45) is 0 Å². The molecule has 0 rings (SSSR count). The van der Waals surface area contributed by atoms with Crippen LogP contribution >= 0.6 is 0 Å². The van der Waals surface area contributed by atoms with E-state index in [0.717, 1.165) is 6.42 Å². The molecule has 0 saturated carbocycles. The van der Waals surface area contributed by atoms with Crippen LogP contribution in [0.3, 0.4) is 0 Å². The van der Waals surface area contributed by atoms with Crippen LogP contribution in [0.25, 0.3) is 0 Å². The van der Waals surface area contributed by atoms with Crippen LogP contribution in [-0.2, 0) is 4.43 Å². The lowest BCUT2D eigenvalue weighted by atomic mass is 9.87. The first-order valence-corrected chi connectivity index (χ1v) is 10.1. The van der Waals surface area contributed by atoms with Gasteiger partial charge in [-0.3, -0.25) is 0 Å². The molecule has 0 radical (unpaired) electrons. The second-order valence-corrected chi connectivity index (χ2v) is 10.2. The average Bonchev–Trinajstić information content (AvgIpc) is 2.21. The van der Waals surface area contributed by atoms with Crippen molar-refractivity contribution >= 4 is 8.32 Å². The fourth-order valence-corrected chi connectivity index (χ4v) is 3.81. The van der Waals surface area contributed by atoms with Crippen LogP contribution in [-0.4, -0.2) is 19.8 Å². The molecule has 0 aliphatic rings. The molecule has 0 aliphatic heterocycles. The smallest absolute Gasteiger partial charge is 0.275 e. The zero-order valence-electron chi connectivity index (χ0n) is 12.2. The molecular formula is C13H28F2OSi. The molecule has 1 nitrogen and oxygen atoms in total. The lowest BCUT2D eigenvalue weighted by Crippen LogP contribution is -2.54. The molecule has 0 heterocycles. The maximum Gasteiger partial charge on any atom is 0.275 e. The number of unbranched alkanes of at least 4 members (excludes halogenated alkanes) is 1. The van der Waals surface area contributed by atoms with Gasteiger partial charge in [0, 0.05) is 6.42 Å². The van der Waals surface area contributed by atoms with Crippen molar-refractivity contribution < 1.29 is 13.2 Å². The van der Waals surface area contributed by atoms with Gasteiger partial charge >= 0.3 is 0 Å². The van der Waals surface area contributed by atoms with Crippen LogP contribution < -0.4 is 0 Å². The minimum Gasteiger partial charge on any atom is -0.406 e. The van der Waals surface area contributed by atoms with Gasteiger partial charge in [-0.1, -0.05) is 27.2 Å². The third kappa shape index (κ3) is 4.66. The Morgan fingerprint density at radius 3 is 1.76 bits per heavy atom. The van der Waals surface area contributed by atoms with Crippen LogP contribution in [0.2, 0.25) is 19.6 Å². The average molecular weight is 266 g/mol. The molecular weight excluding hydrogens is 238 g/mol. The van der Waals surface area contributed by atoms with E-state index in [4.69, 9.17) is 4.43 Å². The molecule has 0 bridgehead atoms. The van der Waals surface area contributed by atoms with Crippen LogP contribution in [0.15, 0.2) is 0 Å². The third-order valence-electron chi connectivity index (χ3n) is 3.15. The van der Waals surface area contributed by atoms with E-state index in [1.165, 1.54) is 0 Å². The van der Waals surface area contributed by atoms with Gasteiger partial charge in [0.2, 0.25) is 0 Å². The Balaban J connectivity index is 5.03. The van der Waals surface area contributed by atoms with Gasteiger partial charge in [-0.05, 0) is 38.9 Å². The molecule has 0 atom stereocenters.